The molecule has 2 amide bonds. The van der Waals surface area contributed by atoms with Crippen LogP contribution in [-0.2, 0) is 9.53 Å². The van der Waals surface area contributed by atoms with Gasteiger partial charge in [0.1, 0.15) is 35.4 Å². The van der Waals surface area contributed by atoms with Gasteiger partial charge in [0.05, 0.1) is 16.4 Å². The summed E-state index contributed by atoms with van der Waals surface area (Å²) in [5, 5.41) is 20.3. The van der Waals surface area contributed by atoms with Gasteiger partial charge in [0.2, 0.25) is 11.7 Å². The maximum atomic E-state index is 13.6. The number of amides is 2. The van der Waals surface area contributed by atoms with E-state index in [1.807, 2.05) is 97.1 Å². The summed E-state index contributed by atoms with van der Waals surface area (Å²) in [7, 11) is 0. The Balaban J connectivity index is 1.06. The molecular formula is C46H39N7O7. The van der Waals surface area contributed by atoms with Crippen molar-refractivity contribution >= 4 is 34.5 Å². The lowest BCUT2D eigenvalue weighted by atomic mass is 10.1. The molecule has 0 spiro atoms. The van der Waals surface area contributed by atoms with E-state index >= 15 is 0 Å². The number of benzene rings is 5. The predicted octanol–water partition coefficient (Wildman–Crippen LogP) is 10.3. The number of anilines is 1. The van der Waals surface area contributed by atoms with E-state index in [9.17, 15) is 19.7 Å². The molecule has 1 fully saturated rings. The number of rotatable bonds is 12. The molecule has 1 N–H and O–H groups in total. The molecule has 2 aromatic heterocycles. The summed E-state index contributed by atoms with van der Waals surface area (Å²) in [6.45, 7) is 6.31. The third-order valence-electron chi connectivity index (χ3n) is 10.2. The van der Waals surface area contributed by atoms with Crippen molar-refractivity contribution in [1.82, 2.24) is 24.6 Å². The van der Waals surface area contributed by atoms with Crippen molar-refractivity contribution < 1.29 is 28.7 Å². The van der Waals surface area contributed by atoms with Crippen LogP contribution in [0.1, 0.15) is 37.5 Å². The average Bonchev–Trinajstić information content (AvgIpc) is 3.68. The SMILES string of the molecule is C=CC(=O)N1CCC[C@@H](n2nc(-c3ccc(Oc4ccccc4)cc3)c3c(NC(=O)OC(C)c4ccc([N+](=O)[O-])c(Oc5ccc(-c6ccccc6)cc5)c4)ncnc32)C1. The fourth-order valence-electron chi connectivity index (χ4n) is 7.16. The molecule has 300 valence electrons. The average molecular weight is 802 g/mol. The Hall–Kier alpha value is -7.87. The first-order valence-corrected chi connectivity index (χ1v) is 19.3. The van der Waals surface area contributed by atoms with Crippen molar-refractivity contribution in [3.8, 4) is 45.4 Å². The lowest BCUT2D eigenvalue weighted by molar-refractivity contribution is -0.385. The van der Waals surface area contributed by atoms with Crippen LogP contribution in [0.25, 0.3) is 33.4 Å². The highest BCUT2D eigenvalue weighted by Gasteiger charge is 2.29. The fourth-order valence-corrected chi connectivity index (χ4v) is 7.16. The Morgan fingerprint density at radius 3 is 2.20 bits per heavy atom. The van der Waals surface area contributed by atoms with Gasteiger partial charge in [-0.3, -0.25) is 20.2 Å². The van der Waals surface area contributed by atoms with Crippen LogP contribution in [0.3, 0.4) is 0 Å². The molecule has 1 saturated heterocycles. The Labute approximate surface area is 344 Å². The largest absolute Gasteiger partial charge is 0.457 e. The Bertz CT molecular complexity index is 2670. The number of nitrogens with zero attached hydrogens (tertiary/aromatic N) is 6. The molecule has 0 bridgehead atoms. The Morgan fingerprint density at radius 2 is 1.50 bits per heavy atom. The zero-order chi connectivity index (χ0) is 41.6. The van der Waals surface area contributed by atoms with Crippen LogP contribution in [0.15, 0.2) is 146 Å². The first kappa shape index (κ1) is 39.0. The molecule has 3 heterocycles. The van der Waals surface area contributed by atoms with Gasteiger partial charge in [-0.05, 0) is 103 Å². The molecule has 8 rings (SSSR count). The van der Waals surface area contributed by atoms with Gasteiger partial charge in [-0.2, -0.15) is 5.10 Å². The molecule has 0 radical (unpaired) electrons. The van der Waals surface area contributed by atoms with Crippen LogP contribution in [0.5, 0.6) is 23.0 Å². The normalized spacial score (nSPS) is 14.2. The van der Waals surface area contributed by atoms with Gasteiger partial charge in [0, 0.05) is 24.7 Å². The molecule has 5 aromatic carbocycles. The van der Waals surface area contributed by atoms with Crippen LogP contribution in [-0.4, -0.2) is 54.7 Å². The summed E-state index contributed by atoms with van der Waals surface area (Å²) in [5.41, 5.74) is 3.87. The smallest absolute Gasteiger partial charge is 0.413 e. The first-order chi connectivity index (χ1) is 29.2. The maximum absolute atomic E-state index is 13.6. The molecular weight excluding hydrogens is 763 g/mol. The van der Waals surface area contributed by atoms with Gasteiger partial charge in [0.15, 0.2) is 11.5 Å². The lowest BCUT2D eigenvalue weighted by Gasteiger charge is -2.32. The van der Waals surface area contributed by atoms with Crippen LogP contribution in [0.2, 0.25) is 0 Å². The van der Waals surface area contributed by atoms with Gasteiger partial charge in [-0.25, -0.2) is 19.4 Å². The van der Waals surface area contributed by atoms with E-state index in [1.165, 1.54) is 30.6 Å². The molecule has 0 aliphatic carbocycles. The standard InChI is InChI=1S/C46H39N7O7/c1-3-41(54)51-26-10-13-35(28-51)52-45-42(43(50-52)33-18-23-37(24-19-33)59-36-14-8-5-9-15-36)44(47-29-48-45)49-46(55)58-30(2)34-20-25-39(53(56)57)40(27-34)60-38-21-16-32(17-22-38)31-11-6-4-7-12-31/h3-9,11-12,14-25,27,29-30,35H,1,10,13,26,28H2,2H3,(H,47,48,49,55)/t30?,35-/m1/s1. The second-order valence-electron chi connectivity index (χ2n) is 14.1. The van der Waals surface area contributed by atoms with E-state index in [0.29, 0.717) is 58.2 Å². The molecule has 14 heteroatoms. The minimum Gasteiger partial charge on any atom is -0.457 e. The number of hydrogen-bond acceptors (Lipinski definition) is 10. The number of nitro benzene ring substituents is 1. The number of aromatic nitrogens is 4. The van der Waals surface area contributed by atoms with Crippen molar-refractivity contribution in [3.05, 3.63) is 162 Å². The number of ether oxygens (including phenoxy) is 3. The van der Waals surface area contributed by atoms with E-state index in [2.05, 4.69) is 21.9 Å². The first-order valence-electron chi connectivity index (χ1n) is 19.3. The number of fused-ring (bicyclic) bond motifs is 1. The van der Waals surface area contributed by atoms with Crippen molar-refractivity contribution in [3.63, 3.8) is 0 Å². The molecule has 1 unspecified atom stereocenters. The number of hydrogen-bond donors (Lipinski definition) is 1. The number of para-hydroxylation sites is 1. The van der Waals surface area contributed by atoms with Gasteiger partial charge >= 0.3 is 11.8 Å². The van der Waals surface area contributed by atoms with Crippen molar-refractivity contribution in [2.24, 2.45) is 0 Å². The van der Waals surface area contributed by atoms with Crippen LogP contribution >= 0.6 is 0 Å². The van der Waals surface area contributed by atoms with Crippen molar-refractivity contribution in [2.45, 2.75) is 31.9 Å². The fraction of sp³-hybridized carbons (Fsp3) is 0.152. The summed E-state index contributed by atoms with van der Waals surface area (Å²) in [6.07, 6.45) is 2.45. The summed E-state index contributed by atoms with van der Waals surface area (Å²) in [4.78, 5) is 48.5. The van der Waals surface area contributed by atoms with Crippen LogP contribution in [0.4, 0.5) is 16.3 Å². The Morgan fingerprint density at radius 1 is 0.850 bits per heavy atom. The number of nitro groups is 1. The van der Waals surface area contributed by atoms with E-state index in [1.54, 1.807) is 28.6 Å². The number of nitrogens with one attached hydrogen (secondary N) is 1. The van der Waals surface area contributed by atoms with E-state index in [0.717, 1.165) is 24.0 Å². The minimum atomic E-state index is -0.860. The molecule has 1 aliphatic heterocycles. The monoisotopic (exact) mass is 801 g/mol. The van der Waals surface area contributed by atoms with Crippen LogP contribution in [0, 0.1) is 10.1 Å². The molecule has 60 heavy (non-hydrogen) atoms. The molecule has 1 aliphatic rings. The van der Waals surface area contributed by atoms with Crippen LogP contribution < -0.4 is 14.8 Å². The van der Waals surface area contributed by atoms with E-state index < -0.39 is 17.1 Å². The summed E-state index contributed by atoms with van der Waals surface area (Å²) >= 11 is 0. The number of carbonyl (C=O) groups excluding carboxylic acids is 2. The predicted molar refractivity (Wildman–Crippen MR) is 226 cm³/mol. The highest BCUT2D eigenvalue weighted by Crippen LogP contribution is 2.38. The third-order valence-corrected chi connectivity index (χ3v) is 10.2. The zero-order valence-electron chi connectivity index (χ0n) is 32.5. The minimum absolute atomic E-state index is 0.00774. The van der Waals surface area contributed by atoms with E-state index in [4.69, 9.17) is 19.3 Å². The zero-order valence-corrected chi connectivity index (χ0v) is 32.5. The highest BCUT2D eigenvalue weighted by atomic mass is 16.6. The van der Waals surface area contributed by atoms with Crippen molar-refractivity contribution in [2.75, 3.05) is 18.4 Å². The molecule has 14 nitrogen and oxygen atoms in total. The molecule has 0 saturated carbocycles. The third kappa shape index (κ3) is 8.53. The quantitative estimate of drug-likeness (QED) is 0.0714. The number of carbonyl (C=O) groups is 2. The number of piperidine rings is 1. The van der Waals surface area contributed by atoms with Gasteiger partial charge in [0.25, 0.3) is 0 Å². The second kappa shape index (κ2) is 17.3. The van der Waals surface area contributed by atoms with E-state index in [-0.39, 0.29) is 29.2 Å². The molecule has 7 aromatic rings. The van der Waals surface area contributed by atoms with Gasteiger partial charge in [-0.15, -0.1) is 0 Å². The van der Waals surface area contributed by atoms with Crippen molar-refractivity contribution in [1.29, 1.82) is 0 Å². The summed E-state index contributed by atoms with van der Waals surface area (Å²) < 4.78 is 19.6. The lowest BCUT2D eigenvalue weighted by Crippen LogP contribution is -2.40. The number of likely N-dealkylation sites (tertiary alicyclic amines) is 1. The highest BCUT2D eigenvalue weighted by molar-refractivity contribution is 6.03. The van der Waals surface area contributed by atoms with Gasteiger partial charge in [-0.1, -0.05) is 67.2 Å². The summed E-state index contributed by atoms with van der Waals surface area (Å²) in [6, 6.07) is 37.9. The van der Waals surface area contributed by atoms with Gasteiger partial charge < -0.3 is 19.1 Å². The Kier molecular flexibility index (Phi) is 11.3. The summed E-state index contributed by atoms with van der Waals surface area (Å²) in [5.74, 6) is 1.69. The second-order valence-corrected chi connectivity index (χ2v) is 14.1. The topological polar surface area (TPSA) is 164 Å². The maximum Gasteiger partial charge on any atom is 0.413 e. The molecule has 2 atom stereocenters.